The number of hydrogen-bond donors (Lipinski definition) is 1. The van der Waals surface area contributed by atoms with Crippen LogP contribution in [-0.4, -0.2) is 29.5 Å². The molecule has 2 aromatic carbocycles. The fourth-order valence-corrected chi connectivity index (χ4v) is 3.00. The Balaban J connectivity index is 1.93. The second kappa shape index (κ2) is 8.52. The topological polar surface area (TPSA) is 67.4 Å². The number of rotatable bonds is 6. The van der Waals surface area contributed by atoms with E-state index in [1.54, 1.807) is 25.0 Å². The number of nitrogens with one attached hydrogen (secondary N) is 1. The van der Waals surface area contributed by atoms with Gasteiger partial charge < -0.3 is 15.0 Å². The molecule has 0 aliphatic rings. The number of methoxy groups -OCH3 is 1. The highest BCUT2D eigenvalue weighted by Gasteiger charge is 2.19. The van der Waals surface area contributed by atoms with Gasteiger partial charge in [-0.3, -0.25) is 4.79 Å². The Hall–Kier alpha value is -3.41. The van der Waals surface area contributed by atoms with Gasteiger partial charge in [-0.15, -0.1) is 0 Å². The second-order valence-corrected chi connectivity index (χ2v) is 6.40. The summed E-state index contributed by atoms with van der Waals surface area (Å²) in [4.78, 5) is 23.6. The predicted octanol–water partition coefficient (Wildman–Crippen LogP) is 4.51. The SMILES string of the molecule is CCN(C(=O)c1cc(Nc2ccccc2OC)nc(C)n1)c1cccc(C)c1. The monoisotopic (exact) mass is 376 g/mol. The van der Waals surface area contributed by atoms with E-state index in [9.17, 15) is 4.79 Å². The van der Waals surface area contributed by atoms with E-state index in [4.69, 9.17) is 4.74 Å². The molecule has 0 bridgehead atoms. The molecule has 144 valence electrons. The van der Waals surface area contributed by atoms with Crippen molar-refractivity contribution in [3.8, 4) is 5.75 Å². The normalized spacial score (nSPS) is 10.4. The third-order valence-corrected chi connectivity index (χ3v) is 4.30. The molecule has 0 fully saturated rings. The molecule has 1 amide bonds. The number of carbonyl (C=O) groups is 1. The van der Waals surface area contributed by atoms with Crippen LogP contribution in [0, 0.1) is 13.8 Å². The average Bonchev–Trinajstić information content (AvgIpc) is 2.68. The van der Waals surface area contributed by atoms with Gasteiger partial charge in [-0.05, 0) is 50.6 Å². The van der Waals surface area contributed by atoms with E-state index in [0.29, 0.717) is 29.6 Å². The summed E-state index contributed by atoms with van der Waals surface area (Å²) in [6.45, 7) is 6.27. The summed E-state index contributed by atoms with van der Waals surface area (Å²) in [7, 11) is 1.61. The minimum absolute atomic E-state index is 0.165. The van der Waals surface area contributed by atoms with Crippen LogP contribution in [0.5, 0.6) is 5.75 Å². The van der Waals surface area contributed by atoms with E-state index in [0.717, 1.165) is 16.9 Å². The standard InChI is InChI=1S/C22H24N4O2/c1-5-26(17-10-8-9-15(2)13-17)22(27)19-14-21(24-16(3)23-19)25-18-11-6-7-12-20(18)28-4/h6-14H,5H2,1-4H3,(H,23,24,25). The zero-order chi connectivity index (χ0) is 20.1. The first-order chi connectivity index (χ1) is 13.5. The largest absolute Gasteiger partial charge is 0.495 e. The highest BCUT2D eigenvalue weighted by molar-refractivity contribution is 6.05. The molecular weight excluding hydrogens is 352 g/mol. The molecule has 0 radical (unpaired) electrons. The quantitative estimate of drug-likeness (QED) is 0.685. The van der Waals surface area contributed by atoms with Gasteiger partial charge in [0.1, 0.15) is 23.1 Å². The van der Waals surface area contributed by atoms with E-state index in [1.165, 1.54) is 0 Å². The van der Waals surface area contributed by atoms with Crippen molar-refractivity contribution in [3.05, 3.63) is 71.7 Å². The Labute approximate surface area is 165 Å². The third-order valence-electron chi connectivity index (χ3n) is 4.30. The van der Waals surface area contributed by atoms with Crippen LogP contribution in [-0.2, 0) is 0 Å². The first kappa shape index (κ1) is 19.4. The molecule has 1 heterocycles. The van der Waals surface area contributed by atoms with Crippen LogP contribution in [0.15, 0.2) is 54.6 Å². The number of amides is 1. The van der Waals surface area contributed by atoms with Crippen LogP contribution in [0.2, 0.25) is 0 Å². The number of anilines is 3. The Morgan fingerprint density at radius 1 is 1.07 bits per heavy atom. The molecule has 0 unspecified atom stereocenters. The van der Waals surface area contributed by atoms with Gasteiger partial charge in [0.05, 0.1) is 12.8 Å². The number of hydrogen-bond acceptors (Lipinski definition) is 5. The molecule has 6 heteroatoms. The molecule has 28 heavy (non-hydrogen) atoms. The van der Waals surface area contributed by atoms with Crippen molar-refractivity contribution in [3.63, 3.8) is 0 Å². The first-order valence-electron chi connectivity index (χ1n) is 9.16. The summed E-state index contributed by atoms with van der Waals surface area (Å²) in [5.74, 6) is 1.59. The molecule has 0 saturated heterocycles. The Kier molecular flexibility index (Phi) is 5.89. The number of benzene rings is 2. The van der Waals surface area contributed by atoms with Gasteiger partial charge in [-0.1, -0.05) is 24.3 Å². The van der Waals surface area contributed by atoms with Crippen molar-refractivity contribution in [1.82, 2.24) is 9.97 Å². The van der Waals surface area contributed by atoms with E-state index < -0.39 is 0 Å². The van der Waals surface area contributed by atoms with Crippen LogP contribution >= 0.6 is 0 Å². The molecule has 0 spiro atoms. The molecular formula is C22H24N4O2. The minimum Gasteiger partial charge on any atom is -0.495 e. The second-order valence-electron chi connectivity index (χ2n) is 6.40. The first-order valence-corrected chi connectivity index (χ1v) is 9.16. The van der Waals surface area contributed by atoms with Gasteiger partial charge in [-0.2, -0.15) is 0 Å². The zero-order valence-corrected chi connectivity index (χ0v) is 16.6. The third kappa shape index (κ3) is 4.28. The van der Waals surface area contributed by atoms with E-state index in [2.05, 4.69) is 15.3 Å². The summed E-state index contributed by atoms with van der Waals surface area (Å²) in [5.41, 5.74) is 3.06. The fourth-order valence-electron chi connectivity index (χ4n) is 3.00. The number of carbonyl (C=O) groups excluding carboxylic acids is 1. The minimum atomic E-state index is -0.165. The molecule has 0 atom stereocenters. The summed E-state index contributed by atoms with van der Waals surface area (Å²) in [6, 6.07) is 17.1. The lowest BCUT2D eigenvalue weighted by Crippen LogP contribution is -2.31. The van der Waals surface area contributed by atoms with Crippen LogP contribution in [0.3, 0.4) is 0 Å². The maximum absolute atomic E-state index is 13.2. The Morgan fingerprint density at radius 2 is 1.86 bits per heavy atom. The number of aryl methyl sites for hydroxylation is 2. The lowest BCUT2D eigenvalue weighted by molar-refractivity contribution is 0.0983. The molecule has 1 N–H and O–H groups in total. The van der Waals surface area contributed by atoms with Crippen molar-refractivity contribution in [2.45, 2.75) is 20.8 Å². The van der Waals surface area contributed by atoms with E-state index >= 15 is 0 Å². The van der Waals surface area contributed by atoms with Gasteiger partial charge >= 0.3 is 0 Å². The predicted molar refractivity (Wildman–Crippen MR) is 112 cm³/mol. The molecule has 0 saturated carbocycles. The highest BCUT2D eigenvalue weighted by Crippen LogP contribution is 2.27. The maximum atomic E-state index is 13.2. The van der Waals surface area contributed by atoms with E-state index in [-0.39, 0.29) is 5.91 Å². The van der Waals surface area contributed by atoms with Crippen LogP contribution in [0.1, 0.15) is 28.8 Å². The van der Waals surface area contributed by atoms with Crippen LogP contribution in [0.25, 0.3) is 0 Å². The maximum Gasteiger partial charge on any atom is 0.277 e. The van der Waals surface area contributed by atoms with Gasteiger partial charge in [0, 0.05) is 18.3 Å². The van der Waals surface area contributed by atoms with Crippen molar-refractivity contribution < 1.29 is 9.53 Å². The van der Waals surface area contributed by atoms with Gasteiger partial charge in [-0.25, -0.2) is 9.97 Å². The van der Waals surface area contributed by atoms with Gasteiger partial charge in [0.25, 0.3) is 5.91 Å². The van der Waals surface area contributed by atoms with Crippen molar-refractivity contribution in [1.29, 1.82) is 0 Å². The van der Waals surface area contributed by atoms with Gasteiger partial charge in [0.15, 0.2) is 0 Å². The van der Waals surface area contributed by atoms with Crippen molar-refractivity contribution in [2.75, 3.05) is 23.9 Å². The number of nitrogens with zero attached hydrogens (tertiary/aromatic N) is 3. The summed E-state index contributed by atoms with van der Waals surface area (Å²) in [5, 5.41) is 3.22. The Morgan fingerprint density at radius 3 is 2.57 bits per heavy atom. The number of aromatic nitrogens is 2. The lowest BCUT2D eigenvalue weighted by Gasteiger charge is -2.21. The number of para-hydroxylation sites is 2. The summed E-state index contributed by atoms with van der Waals surface area (Å²) in [6.07, 6.45) is 0. The molecule has 3 aromatic rings. The molecule has 3 rings (SSSR count). The smallest absolute Gasteiger partial charge is 0.277 e. The van der Waals surface area contributed by atoms with Crippen LogP contribution < -0.4 is 15.0 Å². The number of ether oxygens (including phenoxy) is 1. The Bertz CT molecular complexity index is 988. The zero-order valence-electron chi connectivity index (χ0n) is 16.6. The van der Waals surface area contributed by atoms with E-state index in [1.807, 2.05) is 62.4 Å². The molecule has 1 aromatic heterocycles. The summed E-state index contributed by atoms with van der Waals surface area (Å²) < 4.78 is 5.37. The fraction of sp³-hybridized carbons (Fsp3) is 0.227. The van der Waals surface area contributed by atoms with Crippen LogP contribution in [0.4, 0.5) is 17.2 Å². The molecule has 0 aliphatic heterocycles. The lowest BCUT2D eigenvalue weighted by atomic mass is 10.2. The van der Waals surface area contributed by atoms with Crippen molar-refractivity contribution in [2.24, 2.45) is 0 Å². The average molecular weight is 376 g/mol. The molecule has 0 aliphatic carbocycles. The van der Waals surface area contributed by atoms with Gasteiger partial charge in [0.2, 0.25) is 0 Å². The highest BCUT2D eigenvalue weighted by atomic mass is 16.5. The van der Waals surface area contributed by atoms with Crippen molar-refractivity contribution >= 4 is 23.1 Å². The molecule has 6 nitrogen and oxygen atoms in total. The summed E-state index contributed by atoms with van der Waals surface area (Å²) >= 11 is 0.